The first-order valence-electron chi connectivity index (χ1n) is 11.0. The van der Waals surface area contributed by atoms with Crippen molar-refractivity contribution in [2.75, 3.05) is 48.4 Å². The summed E-state index contributed by atoms with van der Waals surface area (Å²) in [5.74, 6) is 0.781. The molecule has 0 aliphatic carbocycles. The first-order chi connectivity index (χ1) is 15.8. The van der Waals surface area contributed by atoms with Gasteiger partial charge in [0.1, 0.15) is 5.82 Å². The summed E-state index contributed by atoms with van der Waals surface area (Å²) in [4.78, 5) is 17.7. The van der Waals surface area contributed by atoms with Crippen molar-refractivity contribution in [2.45, 2.75) is 37.5 Å². The van der Waals surface area contributed by atoms with Crippen LogP contribution in [0.25, 0.3) is 11.3 Å². The maximum atomic E-state index is 12.8. The predicted molar refractivity (Wildman–Crippen MR) is 112 cm³/mol. The number of hydrogen-bond acceptors (Lipinski definition) is 9. The Kier molecular flexibility index (Phi) is 4.77. The third-order valence-corrected chi connectivity index (χ3v) is 6.78. The van der Waals surface area contributed by atoms with Crippen LogP contribution in [-0.4, -0.2) is 72.4 Å². The SMILES string of the molecule is Nc1ncc(-c2cc(N3C[C@@H]4C[C@H]3CO4)nc(N3C[C@@H]4CCO[C@@H]4C3)n2)cc1OC(F)(F)F. The van der Waals surface area contributed by atoms with Crippen LogP contribution < -0.4 is 20.3 Å². The van der Waals surface area contributed by atoms with E-state index in [9.17, 15) is 13.2 Å². The lowest BCUT2D eigenvalue weighted by atomic mass is 10.1. The molecule has 0 spiro atoms. The second-order valence-electron chi connectivity index (χ2n) is 8.93. The van der Waals surface area contributed by atoms with E-state index < -0.39 is 12.1 Å². The highest BCUT2D eigenvalue weighted by atomic mass is 19.4. The number of halogens is 3. The van der Waals surface area contributed by atoms with Gasteiger partial charge in [0.15, 0.2) is 11.6 Å². The van der Waals surface area contributed by atoms with Gasteiger partial charge in [-0.3, -0.25) is 0 Å². The normalized spacial score (nSPS) is 28.6. The molecular formula is C21H23F3N6O3. The Morgan fingerprint density at radius 2 is 2.00 bits per heavy atom. The Bertz CT molecular complexity index is 1060. The Hall–Kier alpha value is -2.86. The minimum atomic E-state index is -4.88. The summed E-state index contributed by atoms with van der Waals surface area (Å²) >= 11 is 0. The second-order valence-corrected chi connectivity index (χ2v) is 8.93. The highest BCUT2D eigenvalue weighted by molar-refractivity contribution is 5.68. The van der Waals surface area contributed by atoms with Crippen molar-refractivity contribution < 1.29 is 27.4 Å². The average molecular weight is 464 g/mol. The van der Waals surface area contributed by atoms with Crippen molar-refractivity contribution >= 4 is 17.6 Å². The van der Waals surface area contributed by atoms with Gasteiger partial charge in [-0.15, -0.1) is 13.2 Å². The van der Waals surface area contributed by atoms with E-state index in [4.69, 9.17) is 25.2 Å². The molecule has 4 saturated heterocycles. The van der Waals surface area contributed by atoms with Crippen molar-refractivity contribution in [1.82, 2.24) is 15.0 Å². The molecular weight excluding hydrogens is 441 g/mol. The lowest BCUT2D eigenvalue weighted by molar-refractivity contribution is -0.274. The van der Waals surface area contributed by atoms with Crippen LogP contribution in [0.15, 0.2) is 18.3 Å². The van der Waals surface area contributed by atoms with E-state index in [1.54, 1.807) is 6.07 Å². The zero-order valence-corrected chi connectivity index (χ0v) is 17.7. The van der Waals surface area contributed by atoms with Gasteiger partial charge in [0.25, 0.3) is 0 Å². The van der Waals surface area contributed by atoms with Crippen molar-refractivity contribution in [3.05, 3.63) is 18.3 Å². The summed E-state index contributed by atoms with van der Waals surface area (Å²) in [6.07, 6.45) is -1.22. The molecule has 6 heterocycles. The van der Waals surface area contributed by atoms with Crippen LogP contribution in [0, 0.1) is 5.92 Å². The van der Waals surface area contributed by atoms with Gasteiger partial charge in [-0.25, -0.2) is 9.97 Å². The number of pyridine rings is 1. The highest BCUT2D eigenvalue weighted by Crippen LogP contribution is 2.37. The average Bonchev–Trinajstić information content (AvgIpc) is 3.55. The van der Waals surface area contributed by atoms with Gasteiger partial charge >= 0.3 is 6.36 Å². The van der Waals surface area contributed by atoms with Gasteiger partial charge in [-0.1, -0.05) is 0 Å². The number of rotatable bonds is 4. The van der Waals surface area contributed by atoms with Crippen LogP contribution in [0.4, 0.5) is 30.8 Å². The Morgan fingerprint density at radius 1 is 1.12 bits per heavy atom. The number of hydrogen-bond donors (Lipinski definition) is 1. The topological polar surface area (TPSA) is 98.9 Å². The van der Waals surface area contributed by atoms with E-state index in [0.29, 0.717) is 36.3 Å². The molecule has 4 atom stereocenters. The standard InChI is InChI=1S/C21H23F3N6O3/c22-21(23,24)33-16-3-12(6-26-19(16)25)15-5-18(30-8-14-4-13(30)10-32-14)28-20(27-15)29-7-11-1-2-31-17(11)9-29/h3,5-6,11,13-14,17H,1-2,4,7-10H2,(H2,25,26)/t11-,13-,14-,17+/m0/s1. The Morgan fingerprint density at radius 3 is 2.73 bits per heavy atom. The molecule has 0 amide bonds. The summed E-state index contributed by atoms with van der Waals surface area (Å²) < 4.78 is 54.1. The summed E-state index contributed by atoms with van der Waals surface area (Å²) in [5.41, 5.74) is 6.43. The van der Waals surface area contributed by atoms with E-state index in [-0.39, 0.29) is 24.1 Å². The molecule has 0 aromatic carbocycles. The van der Waals surface area contributed by atoms with Crippen molar-refractivity contribution in [1.29, 1.82) is 0 Å². The molecule has 0 saturated carbocycles. The fraction of sp³-hybridized carbons (Fsp3) is 0.571. The van der Waals surface area contributed by atoms with Gasteiger partial charge in [0.05, 0.1) is 30.6 Å². The molecule has 2 N–H and O–H groups in total. The summed E-state index contributed by atoms with van der Waals surface area (Å²) in [7, 11) is 0. The van der Waals surface area contributed by atoms with Gasteiger partial charge in [0, 0.05) is 50.0 Å². The Labute approximate surface area is 187 Å². The predicted octanol–water partition coefficient (Wildman–Crippen LogP) is 2.22. The maximum Gasteiger partial charge on any atom is 0.573 e. The van der Waals surface area contributed by atoms with E-state index >= 15 is 0 Å². The third kappa shape index (κ3) is 3.90. The number of ether oxygens (including phenoxy) is 3. The van der Waals surface area contributed by atoms with Gasteiger partial charge in [-0.2, -0.15) is 4.98 Å². The zero-order valence-electron chi connectivity index (χ0n) is 17.7. The fourth-order valence-electron chi connectivity index (χ4n) is 5.18. The molecule has 4 fully saturated rings. The molecule has 4 aliphatic rings. The van der Waals surface area contributed by atoms with Crippen LogP contribution >= 0.6 is 0 Å². The van der Waals surface area contributed by atoms with E-state index in [1.807, 2.05) is 0 Å². The van der Waals surface area contributed by atoms with Crippen molar-refractivity contribution in [2.24, 2.45) is 5.92 Å². The number of nitrogen functional groups attached to an aromatic ring is 1. The quantitative estimate of drug-likeness (QED) is 0.730. The van der Waals surface area contributed by atoms with Crippen LogP contribution in [0.2, 0.25) is 0 Å². The minimum Gasteiger partial charge on any atom is -0.402 e. The summed E-state index contributed by atoms with van der Waals surface area (Å²) in [6.45, 7) is 3.59. The number of aromatic nitrogens is 3. The number of nitrogens with two attached hydrogens (primary N) is 1. The number of fused-ring (bicyclic) bond motifs is 3. The van der Waals surface area contributed by atoms with Gasteiger partial charge in [-0.05, 0) is 18.9 Å². The van der Waals surface area contributed by atoms with E-state index in [0.717, 1.165) is 38.4 Å². The number of anilines is 3. The largest absolute Gasteiger partial charge is 0.573 e. The third-order valence-electron chi connectivity index (χ3n) is 6.78. The second kappa shape index (κ2) is 7.59. The van der Waals surface area contributed by atoms with Gasteiger partial charge < -0.3 is 29.7 Å². The van der Waals surface area contributed by atoms with Crippen LogP contribution in [0.1, 0.15) is 12.8 Å². The van der Waals surface area contributed by atoms with Crippen molar-refractivity contribution in [3.8, 4) is 17.0 Å². The Balaban J connectivity index is 1.38. The molecule has 0 radical (unpaired) electrons. The first kappa shape index (κ1) is 20.7. The summed E-state index contributed by atoms with van der Waals surface area (Å²) in [5, 5.41) is 0. The maximum absolute atomic E-state index is 12.8. The monoisotopic (exact) mass is 464 g/mol. The lowest BCUT2D eigenvalue weighted by Crippen LogP contribution is -2.38. The summed E-state index contributed by atoms with van der Waals surface area (Å²) in [6, 6.07) is 3.22. The van der Waals surface area contributed by atoms with Gasteiger partial charge in [0.2, 0.25) is 5.95 Å². The molecule has 2 aromatic heterocycles. The molecule has 0 unspecified atom stereocenters. The smallest absolute Gasteiger partial charge is 0.402 e. The van der Waals surface area contributed by atoms with Crippen LogP contribution in [0.3, 0.4) is 0 Å². The number of alkyl halides is 3. The van der Waals surface area contributed by atoms with Crippen molar-refractivity contribution in [3.63, 3.8) is 0 Å². The van der Waals surface area contributed by atoms with E-state index in [1.165, 1.54) is 12.3 Å². The molecule has 176 valence electrons. The van der Waals surface area contributed by atoms with E-state index in [2.05, 4.69) is 19.5 Å². The number of nitrogens with zero attached hydrogens (tertiary/aromatic N) is 5. The molecule has 2 bridgehead atoms. The molecule has 12 heteroatoms. The van der Waals surface area contributed by atoms with Crippen LogP contribution in [0.5, 0.6) is 5.75 Å². The molecule has 2 aromatic rings. The minimum absolute atomic E-state index is 0.155. The molecule has 9 nitrogen and oxygen atoms in total. The fourth-order valence-corrected chi connectivity index (χ4v) is 5.18. The highest BCUT2D eigenvalue weighted by Gasteiger charge is 2.41. The molecule has 33 heavy (non-hydrogen) atoms. The first-order valence-corrected chi connectivity index (χ1v) is 11.0. The molecule has 4 aliphatic heterocycles. The molecule has 6 rings (SSSR count). The zero-order chi connectivity index (χ0) is 22.7. The van der Waals surface area contributed by atoms with Crippen LogP contribution in [-0.2, 0) is 9.47 Å². The number of morpholine rings is 1. The lowest BCUT2D eigenvalue weighted by Gasteiger charge is -2.29.